The van der Waals surface area contributed by atoms with Gasteiger partial charge in [0.15, 0.2) is 0 Å². The largest absolute Gasteiger partial charge is 0.353 e. The number of rotatable bonds is 4. The maximum absolute atomic E-state index is 6.10. The Bertz CT molecular complexity index is 509. The highest BCUT2D eigenvalue weighted by atomic mass is 35.5. The predicted molar refractivity (Wildman–Crippen MR) is 75.7 cm³/mol. The standard InChI is InChI=1S/C10H11Cl2N3S2/c1-3-8-14-15-10(17-8)13-5(2)6-4-7(11)16-9(6)12/h4-5H,3H2,1-2H3,(H,13,15). The zero-order chi connectivity index (χ0) is 12.4. The minimum Gasteiger partial charge on any atom is -0.353 e. The molecule has 0 amide bonds. The molecule has 0 fully saturated rings. The fourth-order valence-electron chi connectivity index (χ4n) is 1.37. The number of hydrogen-bond donors (Lipinski definition) is 1. The molecule has 0 aromatic carbocycles. The van der Waals surface area contributed by atoms with Crippen LogP contribution in [0.3, 0.4) is 0 Å². The van der Waals surface area contributed by atoms with Gasteiger partial charge >= 0.3 is 0 Å². The normalized spacial score (nSPS) is 12.7. The lowest BCUT2D eigenvalue weighted by molar-refractivity contribution is 0.875. The Kier molecular flexibility index (Phi) is 4.25. The van der Waals surface area contributed by atoms with E-state index in [9.17, 15) is 0 Å². The molecule has 92 valence electrons. The fraction of sp³-hybridized carbons (Fsp3) is 0.400. The van der Waals surface area contributed by atoms with Crippen molar-refractivity contribution in [2.45, 2.75) is 26.3 Å². The highest BCUT2D eigenvalue weighted by Gasteiger charge is 2.14. The van der Waals surface area contributed by atoms with Crippen molar-refractivity contribution >= 4 is 51.0 Å². The second-order valence-corrected chi connectivity index (χ2v) is 6.85. The van der Waals surface area contributed by atoms with Gasteiger partial charge in [-0.25, -0.2) is 0 Å². The van der Waals surface area contributed by atoms with E-state index in [4.69, 9.17) is 23.2 Å². The number of thiophene rings is 1. The zero-order valence-electron chi connectivity index (χ0n) is 9.33. The number of nitrogens with zero attached hydrogens (tertiary/aromatic N) is 2. The molecule has 0 radical (unpaired) electrons. The molecule has 0 aliphatic heterocycles. The van der Waals surface area contributed by atoms with E-state index in [0.717, 1.165) is 26.5 Å². The number of hydrogen-bond acceptors (Lipinski definition) is 5. The van der Waals surface area contributed by atoms with Crippen LogP contribution < -0.4 is 5.32 Å². The molecule has 7 heteroatoms. The van der Waals surface area contributed by atoms with Crippen molar-refractivity contribution in [2.24, 2.45) is 0 Å². The summed E-state index contributed by atoms with van der Waals surface area (Å²) in [5, 5.41) is 13.2. The van der Waals surface area contributed by atoms with Gasteiger partial charge in [0, 0.05) is 5.56 Å². The second kappa shape index (κ2) is 5.52. The second-order valence-electron chi connectivity index (χ2n) is 3.50. The van der Waals surface area contributed by atoms with Crippen LogP contribution in [0.25, 0.3) is 0 Å². The molecule has 3 nitrogen and oxygen atoms in total. The van der Waals surface area contributed by atoms with E-state index in [0.29, 0.717) is 4.34 Å². The summed E-state index contributed by atoms with van der Waals surface area (Å²) in [6.45, 7) is 4.08. The first kappa shape index (κ1) is 13.1. The Morgan fingerprint density at radius 3 is 2.65 bits per heavy atom. The van der Waals surface area contributed by atoms with E-state index in [1.807, 2.05) is 13.0 Å². The SMILES string of the molecule is CCc1nnc(NC(C)c2cc(Cl)sc2Cl)s1. The van der Waals surface area contributed by atoms with E-state index in [-0.39, 0.29) is 6.04 Å². The zero-order valence-corrected chi connectivity index (χ0v) is 12.5. The molecule has 0 spiro atoms. The topological polar surface area (TPSA) is 37.8 Å². The van der Waals surface area contributed by atoms with Crippen molar-refractivity contribution < 1.29 is 0 Å². The molecular formula is C10H11Cl2N3S2. The summed E-state index contributed by atoms with van der Waals surface area (Å²) in [4.78, 5) is 0. The molecule has 2 rings (SSSR count). The van der Waals surface area contributed by atoms with Crippen LogP contribution in [0.2, 0.25) is 8.67 Å². The first-order valence-corrected chi connectivity index (χ1v) is 7.52. The highest BCUT2D eigenvalue weighted by molar-refractivity contribution is 7.20. The van der Waals surface area contributed by atoms with Crippen LogP contribution in [0.4, 0.5) is 5.13 Å². The third-order valence-electron chi connectivity index (χ3n) is 2.26. The molecule has 1 atom stereocenters. The van der Waals surface area contributed by atoms with Gasteiger partial charge in [0.1, 0.15) is 5.01 Å². The lowest BCUT2D eigenvalue weighted by Crippen LogP contribution is -2.05. The van der Waals surface area contributed by atoms with E-state index in [1.54, 1.807) is 11.3 Å². The Labute approximate surface area is 118 Å². The lowest BCUT2D eigenvalue weighted by atomic mass is 10.2. The van der Waals surface area contributed by atoms with Gasteiger partial charge in [0.05, 0.1) is 14.7 Å². The van der Waals surface area contributed by atoms with Gasteiger partial charge in [-0.1, -0.05) is 41.5 Å². The van der Waals surface area contributed by atoms with Crippen molar-refractivity contribution in [3.63, 3.8) is 0 Å². The van der Waals surface area contributed by atoms with Crippen molar-refractivity contribution in [2.75, 3.05) is 5.32 Å². The number of aryl methyl sites for hydroxylation is 1. The molecule has 0 saturated heterocycles. The molecule has 2 heterocycles. The van der Waals surface area contributed by atoms with Crippen molar-refractivity contribution in [3.05, 3.63) is 25.3 Å². The van der Waals surface area contributed by atoms with Gasteiger partial charge in [-0.15, -0.1) is 21.5 Å². The maximum atomic E-state index is 6.10. The third kappa shape index (κ3) is 3.10. The fourth-order valence-corrected chi connectivity index (χ4v) is 3.78. The van der Waals surface area contributed by atoms with E-state index in [1.165, 1.54) is 11.3 Å². The first-order chi connectivity index (χ1) is 8.10. The van der Waals surface area contributed by atoms with E-state index in [2.05, 4.69) is 22.4 Å². The molecule has 1 unspecified atom stereocenters. The smallest absolute Gasteiger partial charge is 0.206 e. The highest BCUT2D eigenvalue weighted by Crippen LogP contribution is 2.36. The molecule has 0 bridgehead atoms. The molecular weight excluding hydrogens is 297 g/mol. The summed E-state index contributed by atoms with van der Waals surface area (Å²) in [6, 6.07) is 1.96. The quantitative estimate of drug-likeness (QED) is 0.894. The Balaban J connectivity index is 2.11. The van der Waals surface area contributed by atoms with Crippen molar-refractivity contribution in [1.82, 2.24) is 10.2 Å². The number of halogens is 2. The van der Waals surface area contributed by atoms with Crippen LogP contribution in [0.15, 0.2) is 6.07 Å². The summed E-state index contributed by atoms with van der Waals surface area (Å²) < 4.78 is 1.42. The van der Waals surface area contributed by atoms with Gasteiger partial charge in [-0.3, -0.25) is 0 Å². The van der Waals surface area contributed by atoms with E-state index >= 15 is 0 Å². The maximum Gasteiger partial charge on any atom is 0.206 e. The van der Waals surface area contributed by atoms with Crippen LogP contribution in [0.5, 0.6) is 0 Å². The van der Waals surface area contributed by atoms with E-state index < -0.39 is 0 Å². The summed E-state index contributed by atoms with van der Waals surface area (Å²) in [7, 11) is 0. The summed E-state index contributed by atoms with van der Waals surface area (Å²) in [6.07, 6.45) is 0.902. The van der Waals surface area contributed by atoms with Gasteiger partial charge in [-0.05, 0) is 19.4 Å². The third-order valence-corrected chi connectivity index (χ3v) is 4.78. The van der Waals surface area contributed by atoms with Gasteiger partial charge < -0.3 is 5.32 Å². The van der Waals surface area contributed by atoms with Gasteiger partial charge in [-0.2, -0.15) is 0 Å². The molecule has 0 aliphatic carbocycles. The minimum absolute atomic E-state index is 0.0731. The summed E-state index contributed by atoms with van der Waals surface area (Å²) in [5.74, 6) is 0. The predicted octanol–water partition coefficient (Wildman–Crippen LogP) is 4.64. The first-order valence-electron chi connectivity index (χ1n) is 5.13. The average molecular weight is 308 g/mol. The number of aromatic nitrogens is 2. The van der Waals surface area contributed by atoms with Crippen LogP contribution in [0, 0.1) is 0 Å². The van der Waals surface area contributed by atoms with Crippen LogP contribution >= 0.6 is 45.9 Å². The minimum atomic E-state index is 0.0731. The summed E-state index contributed by atoms with van der Waals surface area (Å²) >= 11 is 15.0. The Morgan fingerprint density at radius 2 is 2.12 bits per heavy atom. The summed E-state index contributed by atoms with van der Waals surface area (Å²) in [5.41, 5.74) is 0.995. The Hall–Kier alpha value is -0.360. The van der Waals surface area contributed by atoms with Gasteiger partial charge in [0.25, 0.3) is 0 Å². The number of anilines is 1. The lowest BCUT2D eigenvalue weighted by Gasteiger charge is -2.11. The van der Waals surface area contributed by atoms with Crippen LogP contribution in [0.1, 0.15) is 30.5 Å². The molecule has 0 saturated carbocycles. The molecule has 0 aliphatic rings. The van der Waals surface area contributed by atoms with Crippen molar-refractivity contribution in [3.8, 4) is 0 Å². The average Bonchev–Trinajstić information content (AvgIpc) is 2.85. The molecule has 2 aromatic heterocycles. The molecule has 1 N–H and O–H groups in total. The van der Waals surface area contributed by atoms with Gasteiger partial charge in [0.2, 0.25) is 5.13 Å². The van der Waals surface area contributed by atoms with Crippen molar-refractivity contribution in [1.29, 1.82) is 0 Å². The van der Waals surface area contributed by atoms with Crippen LogP contribution in [-0.2, 0) is 6.42 Å². The van der Waals surface area contributed by atoms with Crippen LogP contribution in [-0.4, -0.2) is 10.2 Å². The number of nitrogens with one attached hydrogen (secondary N) is 1. The Morgan fingerprint density at radius 1 is 1.35 bits per heavy atom. The monoisotopic (exact) mass is 307 g/mol. The molecule has 2 aromatic rings. The molecule has 17 heavy (non-hydrogen) atoms.